The summed E-state index contributed by atoms with van der Waals surface area (Å²) in [5.74, 6) is -1.12. The fraction of sp³-hybridized carbons (Fsp3) is 0.200. The van der Waals surface area contributed by atoms with Gasteiger partial charge in [-0.15, -0.1) is 0 Å². The lowest BCUT2D eigenvalue weighted by atomic mass is 10.2. The van der Waals surface area contributed by atoms with Gasteiger partial charge in [-0.25, -0.2) is 13.8 Å². The van der Waals surface area contributed by atoms with E-state index < -0.39 is 17.7 Å². The van der Waals surface area contributed by atoms with Crippen molar-refractivity contribution in [1.29, 1.82) is 0 Å². The third-order valence-electron chi connectivity index (χ3n) is 3.24. The molecule has 0 N–H and O–H groups in total. The van der Waals surface area contributed by atoms with Gasteiger partial charge < -0.3 is 9.47 Å². The molecule has 0 spiro atoms. The average molecular weight is 340 g/mol. The van der Waals surface area contributed by atoms with Gasteiger partial charge in [-0.3, -0.25) is 9.38 Å². The molecule has 0 bridgehead atoms. The molecule has 0 fully saturated rings. The first kappa shape index (κ1) is 15.6. The molecule has 0 aliphatic heterocycles. The van der Waals surface area contributed by atoms with Crippen LogP contribution in [0.4, 0.5) is 8.78 Å². The van der Waals surface area contributed by atoms with Gasteiger partial charge >= 0.3 is 0 Å². The summed E-state index contributed by atoms with van der Waals surface area (Å²) in [6.45, 7) is -0.0281. The van der Waals surface area contributed by atoms with Crippen LogP contribution in [0.3, 0.4) is 0 Å². The fourth-order valence-electron chi connectivity index (χ4n) is 2.15. The summed E-state index contributed by atoms with van der Waals surface area (Å²) in [4.78, 5) is 7.85. The Hall–Kier alpha value is -2.25. The normalized spacial score (nSPS) is 12.5. The van der Waals surface area contributed by atoms with Gasteiger partial charge in [0.2, 0.25) is 5.88 Å². The highest BCUT2D eigenvalue weighted by Gasteiger charge is 2.19. The largest absolute Gasteiger partial charge is 0.475 e. The molecule has 0 aliphatic carbocycles. The standard InChI is InChI=1S/C15H12ClF2N3O2/c1-22-12(15-11(18)6-10(17)7-20-15)8-23-14-5-9(16)4-13-19-2-3-21(13)14/h2-7,12H,8H2,1H3. The van der Waals surface area contributed by atoms with Crippen molar-refractivity contribution in [3.05, 3.63) is 59.1 Å². The maximum absolute atomic E-state index is 13.8. The molecule has 1 atom stereocenters. The highest BCUT2D eigenvalue weighted by atomic mass is 35.5. The second-order valence-electron chi connectivity index (χ2n) is 4.72. The van der Waals surface area contributed by atoms with Crippen LogP contribution in [0.2, 0.25) is 5.02 Å². The van der Waals surface area contributed by atoms with E-state index >= 15 is 0 Å². The molecule has 0 amide bonds. The summed E-state index contributed by atoms with van der Waals surface area (Å²) in [6.07, 6.45) is 3.44. The molecule has 120 valence electrons. The first-order valence-corrected chi connectivity index (χ1v) is 7.05. The van der Waals surface area contributed by atoms with Gasteiger partial charge in [-0.05, 0) is 0 Å². The molecule has 23 heavy (non-hydrogen) atoms. The van der Waals surface area contributed by atoms with Crippen molar-refractivity contribution in [1.82, 2.24) is 14.4 Å². The molecule has 0 saturated carbocycles. The van der Waals surface area contributed by atoms with E-state index in [0.717, 1.165) is 12.3 Å². The highest BCUT2D eigenvalue weighted by Crippen LogP contribution is 2.24. The number of hydrogen-bond donors (Lipinski definition) is 0. The molecule has 3 rings (SSSR count). The number of methoxy groups -OCH3 is 1. The molecule has 3 aromatic rings. The Balaban J connectivity index is 1.83. The zero-order valence-corrected chi connectivity index (χ0v) is 12.8. The van der Waals surface area contributed by atoms with Crippen molar-refractivity contribution in [3.8, 4) is 5.88 Å². The molecule has 0 aliphatic rings. The molecular formula is C15H12ClF2N3O2. The van der Waals surface area contributed by atoms with Crippen LogP contribution < -0.4 is 4.74 Å². The molecule has 0 aromatic carbocycles. The monoisotopic (exact) mass is 339 g/mol. The van der Waals surface area contributed by atoms with Crippen LogP contribution in [-0.2, 0) is 4.74 Å². The number of halogens is 3. The van der Waals surface area contributed by atoms with Crippen LogP contribution in [0, 0.1) is 11.6 Å². The van der Waals surface area contributed by atoms with Crippen LogP contribution in [0.15, 0.2) is 36.8 Å². The van der Waals surface area contributed by atoms with E-state index in [-0.39, 0.29) is 12.3 Å². The van der Waals surface area contributed by atoms with Crippen LogP contribution in [0.25, 0.3) is 5.65 Å². The number of rotatable bonds is 5. The zero-order valence-electron chi connectivity index (χ0n) is 12.0. The minimum atomic E-state index is -0.798. The summed E-state index contributed by atoms with van der Waals surface area (Å²) < 4.78 is 39.3. The number of fused-ring (bicyclic) bond motifs is 1. The van der Waals surface area contributed by atoms with E-state index in [1.165, 1.54) is 7.11 Å². The zero-order chi connectivity index (χ0) is 16.4. The first-order valence-electron chi connectivity index (χ1n) is 6.67. The topological polar surface area (TPSA) is 48.7 Å². The number of pyridine rings is 2. The predicted molar refractivity (Wildman–Crippen MR) is 79.6 cm³/mol. The molecule has 5 nitrogen and oxygen atoms in total. The number of hydrogen-bond acceptors (Lipinski definition) is 4. The Bertz CT molecular complexity index is 841. The lowest BCUT2D eigenvalue weighted by Gasteiger charge is -2.17. The number of ether oxygens (including phenoxy) is 2. The Morgan fingerprint density at radius 2 is 2.09 bits per heavy atom. The van der Waals surface area contributed by atoms with Crippen molar-refractivity contribution in [3.63, 3.8) is 0 Å². The SMILES string of the molecule is COC(COc1cc(Cl)cc2nccn12)c1ncc(F)cc1F. The van der Waals surface area contributed by atoms with Crippen molar-refractivity contribution in [2.24, 2.45) is 0 Å². The molecule has 1 unspecified atom stereocenters. The minimum absolute atomic E-state index is 0.0281. The summed E-state index contributed by atoms with van der Waals surface area (Å²) in [6, 6.07) is 4.04. The van der Waals surface area contributed by atoms with Crippen LogP contribution in [0.5, 0.6) is 5.88 Å². The lowest BCUT2D eigenvalue weighted by Crippen LogP contribution is -2.16. The Labute approximate surface area is 135 Å². The van der Waals surface area contributed by atoms with E-state index in [4.69, 9.17) is 21.1 Å². The molecule has 3 aromatic heterocycles. The van der Waals surface area contributed by atoms with Gasteiger partial charge in [0, 0.05) is 42.7 Å². The van der Waals surface area contributed by atoms with E-state index in [9.17, 15) is 8.78 Å². The van der Waals surface area contributed by atoms with Crippen LogP contribution in [0.1, 0.15) is 11.8 Å². The number of imidazole rings is 1. The molecule has 0 radical (unpaired) electrons. The molecule has 3 heterocycles. The maximum atomic E-state index is 13.8. The summed E-state index contributed by atoms with van der Waals surface area (Å²) in [5.41, 5.74) is 0.588. The third-order valence-corrected chi connectivity index (χ3v) is 3.46. The minimum Gasteiger partial charge on any atom is -0.475 e. The Kier molecular flexibility index (Phi) is 4.40. The maximum Gasteiger partial charge on any atom is 0.200 e. The molecule has 8 heteroatoms. The van der Waals surface area contributed by atoms with Crippen LogP contribution >= 0.6 is 11.6 Å². The van der Waals surface area contributed by atoms with E-state index in [1.54, 1.807) is 28.9 Å². The second kappa shape index (κ2) is 6.47. The van der Waals surface area contributed by atoms with E-state index in [2.05, 4.69) is 9.97 Å². The summed E-state index contributed by atoms with van der Waals surface area (Å²) in [7, 11) is 1.39. The van der Waals surface area contributed by atoms with Crippen molar-refractivity contribution >= 4 is 17.2 Å². The first-order chi connectivity index (χ1) is 11.1. The third kappa shape index (κ3) is 3.25. The number of nitrogens with zero attached hydrogens (tertiary/aromatic N) is 3. The Morgan fingerprint density at radius 3 is 2.83 bits per heavy atom. The smallest absolute Gasteiger partial charge is 0.200 e. The fourth-order valence-corrected chi connectivity index (χ4v) is 2.34. The van der Waals surface area contributed by atoms with E-state index in [0.29, 0.717) is 16.5 Å². The molecular weight excluding hydrogens is 328 g/mol. The van der Waals surface area contributed by atoms with Gasteiger partial charge in [-0.2, -0.15) is 0 Å². The number of aromatic nitrogens is 3. The van der Waals surface area contributed by atoms with Crippen molar-refractivity contribution in [2.45, 2.75) is 6.10 Å². The van der Waals surface area contributed by atoms with Crippen molar-refractivity contribution in [2.75, 3.05) is 13.7 Å². The Morgan fingerprint density at radius 1 is 1.26 bits per heavy atom. The average Bonchev–Trinajstić information content (AvgIpc) is 2.97. The van der Waals surface area contributed by atoms with Gasteiger partial charge in [-0.1, -0.05) is 11.6 Å². The highest BCUT2D eigenvalue weighted by molar-refractivity contribution is 6.31. The van der Waals surface area contributed by atoms with Gasteiger partial charge in [0.1, 0.15) is 35.7 Å². The van der Waals surface area contributed by atoms with Crippen molar-refractivity contribution < 1.29 is 18.3 Å². The van der Waals surface area contributed by atoms with Gasteiger partial charge in [0.05, 0.1) is 6.20 Å². The summed E-state index contributed by atoms with van der Waals surface area (Å²) >= 11 is 6.01. The van der Waals surface area contributed by atoms with Crippen LogP contribution in [-0.4, -0.2) is 28.1 Å². The predicted octanol–water partition coefficient (Wildman–Crippen LogP) is 3.43. The molecule has 0 saturated heterocycles. The second-order valence-corrected chi connectivity index (χ2v) is 5.16. The van der Waals surface area contributed by atoms with Gasteiger partial charge in [0.25, 0.3) is 0 Å². The van der Waals surface area contributed by atoms with Gasteiger partial charge in [0.15, 0.2) is 0 Å². The quantitative estimate of drug-likeness (QED) is 0.714. The summed E-state index contributed by atoms with van der Waals surface area (Å²) in [5, 5.41) is 0.457. The lowest BCUT2D eigenvalue weighted by molar-refractivity contribution is 0.0496. The van der Waals surface area contributed by atoms with E-state index in [1.807, 2.05) is 0 Å².